The van der Waals surface area contributed by atoms with Crippen molar-refractivity contribution in [1.82, 2.24) is 4.98 Å². The van der Waals surface area contributed by atoms with E-state index >= 15 is 0 Å². The van der Waals surface area contributed by atoms with Gasteiger partial charge in [0.05, 0.1) is 0 Å². The van der Waals surface area contributed by atoms with Gasteiger partial charge in [0.1, 0.15) is 6.07 Å². The molecule has 0 aliphatic carbocycles. The molecular weight excluding hydrogens is 154 g/mol. The average molecular weight is 165 g/mol. The molecule has 0 amide bonds. The molecule has 0 spiro atoms. The first kappa shape index (κ1) is 8.60. The Bertz CT molecular complexity index is 298. The molecule has 1 aromatic heterocycles. The van der Waals surface area contributed by atoms with Crippen LogP contribution in [0.1, 0.15) is 24.9 Å². The van der Waals surface area contributed by atoms with E-state index in [1.807, 2.05) is 13.0 Å². The highest BCUT2D eigenvalue weighted by molar-refractivity contribution is 5.44. The van der Waals surface area contributed by atoms with Crippen molar-refractivity contribution < 1.29 is 4.42 Å². The van der Waals surface area contributed by atoms with Gasteiger partial charge in [0, 0.05) is 13.5 Å². The molecule has 0 saturated heterocycles. The first-order chi connectivity index (χ1) is 5.81. The minimum Gasteiger partial charge on any atom is -0.424 e. The summed E-state index contributed by atoms with van der Waals surface area (Å²) < 4.78 is 5.25. The standard InChI is InChI=1S/C8H11N3O/c1-3-4-7-11-6(5-9)8(10-2)12-7/h10H,3-4H2,1-2H3. The lowest BCUT2D eigenvalue weighted by atomic mass is 10.3. The van der Waals surface area contributed by atoms with Crippen LogP contribution in [0.4, 0.5) is 5.88 Å². The molecule has 0 atom stereocenters. The number of aryl methyl sites for hydroxylation is 1. The molecule has 1 N–H and O–H groups in total. The van der Waals surface area contributed by atoms with Gasteiger partial charge in [-0.05, 0) is 6.42 Å². The summed E-state index contributed by atoms with van der Waals surface area (Å²) in [6, 6.07) is 1.96. The number of nitrogens with one attached hydrogen (secondary N) is 1. The molecule has 0 aliphatic rings. The lowest BCUT2D eigenvalue weighted by Gasteiger charge is -1.90. The molecule has 1 heterocycles. The largest absolute Gasteiger partial charge is 0.424 e. The summed E-state index contributed by atoms with van der Waals surface area (Å²) in [5.41, 5.74) is 0.334. The summed E-state index contributed by atoms with van der Waals surface area (Å²) in [5, 5.41) is 11.4. The lowest BCUT2D eigenvalue weighted by Crippen LogP contribution is -1.87. The molecule has 4 nitrogen and oxygen atoms in total. The van der Waals surface area contributed by atoms with Gasteiger partial charge in [0.15, 0.2) is 5.89 Å². The predicted octanol–water partition coefficient (Wildman–Crippen LogP) is 1.54. The minimum atomic E-state index is 0.334. The summed E-state index contributed by atoms with van der Waals surface area (Å²) in [7, 11) is 1.71. The van der Waals surface area contributed by atoms with E-state index in [4.69, 9.17) is 9.68 Å². The van der Waals surface area contributed by atoms with Gasteiger partial charge >= 0.3 is 0 Å². The van der Waals surface area contributed by atoms with Crippen molar-refractivity contribution in [3.8, 4) is 6.07 Å². The second kappa shape index (κ2) is 3.77. The van der Waals surface area contributed by atoms with Crippen molar-refractivity contribution in [2.45, 2.75) is 19.8 Å². The number of aromatic nitrogens is 1. The van der Waals surface area contributed by atoms with Crippen LogP contribution >= 0.6 is 0 Å². The monoisotopic (exact) mass is 165 g/mol. The Hall–Kier alpha value is -1.50. The van der Waals surface area contributed by atoms with Gasteiger partial charge in [-0.25, -0.2) is 4.98 Å². The normalized spacial score (nSPS) is 9.42. The summed E-state index contributed by atoms with van der Waals surface area (Å²) in [6.45, 7) is 2.04. The van der Waals surface area contributed by atoms with Gasteiger partial charge in [0.2, 0.25) is 11.6 Å². The lowest BCUT2D eigenvalue weighted by molar-refractivity contribution is 0.504. The molecule has 0 radical (unpaired) electrons. The van der Waals surface area contributed by atoms with E-state index in [9.17, 15) is 0 Å². The quantitative estimate of drug-likeness (QED) is 0.737. The van der Waals surface area contributed by atoms with Gasteiger partial charge in [0.25, 0.3) is 0 Å². The molecule has 1 aromatic rings. The first-order valence-electron chi connectivity index (χ1n) is 3.89. The third-order valence-electron chi connectivity index (χ3n) is 1.47. The molecule has 64 valence electrons. The Morgan fingerprint density at radius 3 is 2.83 bits per heavy atom. The third-order valence-corrected chi connectivity index (χ3v) is 1.47. The summed E-state index contributed by atoms with van der Waals surface area (Å²) in [5.74, 6) is 1.08. The number of anilines is 1. The number of rotatable bonds is 3. The van der Waals surface area contributed by atoms with Crippen molar-refractivity contribution in [3.63, 3.8) is 0 Å². The van der Waals surface area contributed by atoms with Gasteiger partial charge < -0.3 is 9.73 Å². The molecule has 0 fully saturated rings. The Labute approximate surface area is 71.2 Å². The van der Waals surface area contributed by atoms with E-state index < -0.39 is 0 Å². The second-order valence-corrected chi connectivity index (χ2v) is 2.40. The molecule has 0 unspecified atom stereocenters. The van der Waals surface area contributed by atoms with Gasteiger partial charge in [-0.15, -0.1) is 0 Å². The van der Waals surface area contributed by atoms with Crippen LogP contribution in [0, 0.1) is 11.3 Å². The molecular formula is C8H11N3O. The Morgan fingerprint density at radius 1 is 1.67 bits per heavy atom. The Morgan fingerprint density at radius 2 is 2.42 bits per heavy atom. The molecule has 0 aromatic carbocycles. The van der Waals surface area contributed by atoms with Crippen LogP contribution in [0.15, 0.2) is 4.42 Å². The predicted molar refractivity (Wildman–Crippen MR) is 44.8 cm³/mol. The number of nitrogens with zero attached hydrogens (tertiary/aromatic N) is 2. The van der Waals surface area contributed by atoms with Crippen molar-refractivity contribution in [1.29, 1.82) is 5.26 Å². The fourth-order valence-corrected chi connectivity index (χ4v) is 0.930. The zero-order valence-corrected chi connectivity index (χ0v) is 7.22. The Kier molecular flexibility index (Phi) is 2.70. The average Bonchev–Trinajstić information content (AvgIpc) is 2.48. The molecule has 0 aliphatic heterocycles. The van der Waals surface area contributed by atoms with Crippen molar-refractivity contribution >= 4 is 5.88 Å². The minimum absolute atomic E-state index is 0.334. The van der Waals surface area contributed by atoms with Crippen LogP contribution in [-0.4, -0.2) is 12.0 Å². The maximum absolute atomic E-state index is 8.62. The fraction of sp³-hybridized carbons (Fsp3) is 0.500. The van der Waals surface area contributed by atoms with Gasteiger partial charge in [-0.2, -0.15) is 5.26 Å². The number of hydrogen-bond donors (Lipinski definition) is 1. The maximum Gasteiger partial charge on any atom is 0.231 e. The van der Waals surface area contributed by atoms with Crippen LogP contribution in [0.3, 0.4) is 0 Å². The zero-order valence-electron chi connectivity index (χ0n) is 7.22. The van der Waals surface area contributed by atoms with Crippen molar-refractivity contribution in [2.24, 2.45) is 0 Å². The number of hydrogen-bond acceptors (Lipinski definition) is 4. The molecule has 4 heteroatoms. The van der Waals surface area contributed by atoms with Crippen molar-refractivity contribution in [3.05, 3.63) is 11.6 Å². The molecule has 0 saturated carbocycles. The van der Waals surface area contributed by atoms with E-state index in [0.29, 0.717) is 17.5 Å². The number of oxazole rings is 1. The summed E-state index contributed by atoms with van der Waals surface area (Å²) in [4.78, 5) is 4.00. The van der Waals surface area contributed by atoms with E-state index in [0.717, 1.165) is 12.8 Å². The number of nitriles is 1. The van der Waals surface area contributed by atoms with Gasteiger partial charge in [-0.1, -0.05) is 6.92 Å². The Balaban J connectivity index is 2.91. The zero-order chi connectivity index (χ0) is 8.97. The maximum atomic E-state index is 8.62. The molecule has 1 rings (SSSR count). The summed E-state index contributed by atoms with van der Waals surface area (Å²) in [6.07, 6.45) is 1.74. The van der Waals surface area contributed by atoms with Crippen molar-refractivity contribution in [2.75, 3.05) is 12.4 Å². The van der Waals surface area contributed by atoms with Crippen LogP contribution in [0.25, 0.3) is 0 Å². The van der Waals surface area contributed by atoms with E-state index in [-0.39, 0.29) is 0 Å². The first-order valence-corrected chi connectivity index (χ1v) is 3.89. The SMILES string of the molecule is CCCc1nc(C#N)c(NC)o1. The van der Waals surface area contributed by atoms with E-state index in [2.05, 4.69) is 10.3 Å². The molecule has 12 heavy (non-hydrogen) atoms. The van der Waals surface area contributed by atoms with E-state index in [1.54, 1.807) is 7.05 Å². The highest BCUT2D eigenvalue weighted by Gasteiger charge is 2.09. The smallest absolute Gasteiger partial charge is 0.231 e. The highest BCUT2D eigenvalue weighted by Crippen LogP contribution is 2.16. The topological polar surface area (TPSA) is 61.9 Å². The summed E-state index contributed by atoms with van der Waals surface area (Å²) >= 11 is 0. The van der Waals surface area contributed by atoms with Crippen LogP contribution in [0.5, 0.6) is 0 Å². The van der Waals surface area contributed by atoms with E-state index in [1.165, 1.54) is 0 Å². The van der Waals surface area contributed by atoms with Crippen LogP contribution in [-0.2, 0) is 6.42 Å². The highest BCUT2D eigenvalue weighted by atomic mass is 16.4. The second-order valence-electron chi connectivity index (χ2n) is 2.40. The fourth-order valence-electron chi connectivity index (χ4n) is 0.930. The molecule has 0 bridgehead atoms. The van der Waals surface area contributed by atoms with Crippen LogP contribution in [0.2, 0.25) is 0 Å². The van der Waals surface area contributed by atoms with Gasteiger partial charge in [-0.3, -0.25) is 0 Å². The van der Waals surface area contributed by atoms with Crippen LogP contribution < -0.4 is 5.32 Å². The third kappa shape index (κ3) is 1.56.